The first kappa shape index (κ1) is 19.7. The number of benzene rings is 2. The molecule has 3 aromatic rings. The summed E-state index contributed by atoms with van der Waals surface area (Å²) in [6.07, 6.45) is 0. The highest BCUT2D eigenvalue weighted by atomic mass is 16.5. The van der Waals surface area contributed by atoms with Gasteiger partial charge in [0.2, 0.25) is 0 Å². The lowest BCUT2D eigenvalue weighted by atomic mass is 10.2. The summed E-state index contributed by atoms with van der Waals surface area (Å²) >= 11 is 0. The average molecular weight is 389 g/mol. The van der Waals surface area contributed by atoms with E-state index in [9.17, 15) is 20.0 Å². The second kappa shape index (κ2) is 8.31. The number of rotatable bonds is 5. The zero-order chi connectivity index (χ0) is 21.0. The van der Waals surface area contributed by atoms with Crippen molar-refractivity contribution in [3.8, 4) is 17.5 Å². The van der Waals surface area contributed by atoms with Crippen molar-refractivity contribution in [3.63, 3.8) is 0 Å². The predicted molar refractivity (Wildman–Crippen MR) is 107 cm³/mol. The molecule has 0 aliphatic carbocycles. The number of carbonyl (C=O) groups is 2. The monoisotopic (exact) mass is 389 g/mol. The quantitative estimate of drug-likeness (QED) is 0.650. The maximum atomic E-state index is 12.4. The van der Waals surface area contributed by atoms with E-state index in [0.29, 0.717) is 11.4 Å². The van der Waals surface area contributed by atoms with E-state index in [1.165, 1.54) is 24.3 Å². The lowest BCUT2D eigenvalue weighted by molar-refractivity contribution is -0.119. The van der Waals surface area contributed by atoms with Gasteiger partial charge in [-0.05, 0) is 55.8 Å². The largest absolute Gasteiger partial charge is 0.508 e. The summed E-state index contributed by atoms with van der Waals surface area (Å²) in [6.45, 7) is 3.17. The topological polar surface area (TPSA) is 104 Å². The number of carbonyl (C=O) groups excluding carboxylic acids is 2. The molecule has 0 aliphatic heterocycles. The molecule has 2 N–H and O–H groups in total. The lowest BCUT2D eigenvalue weighted by Crippen LogP contribution is -2.22. The molecule has 1 aromatic heterocycles. The van der Waals surface area contributed by atoms with Gasteiger partial charge in [0.05, 0.1) is 11.1 Å². The van der Waals surface area contributed by atoms with Crippen LogP contribution in [0.2, 0.25) is 0 Å². The number of para-hydroxylation sites is 1. The van der Waals surface area contributed by atoms with Gasteiger partial charge in [-0.1, -0.05) is 18.2 Å². The third-order valence-electron chi connectivity index (χ3n) is 4.53. The van der Waals surface area contributed by atoms with Gasteiger partial charge in [-0.2, -0.15) is 5.26 Å². The Balaban J connectivity index is 1.80. The van der Waals surface area contributed by atoms with E-state index in [1.807, 2.05) is 44.2 Å². The molecule has 2 aromatic carbocycles. The molecule has 0 spiro atoms. The molecule has 3 rings (SSSR count). The smallest absolute Gasteiger partial charge is 0.338 e. The van der Waals surface area contributed by atoms with Crippen molar-refractivity contribution in [1.29, 1.82) is 5.26 Å². The summed E-state index contributed by atoms with van der Waals surface area (Å²) in [5.74, 6) is -0.898. The Kier molecular flexibility index (Phi) is 5.65. The zero-order valence-electron chi connectivity index (χ0n) is 16.0. The molecule has 7 heteroatoms. The highest BCUT2D eigenvalue weighted by Gasteiger charge is 2.21. The Morgan fingerprint density at radius 3 is 2.38 bits per heavy atom. The summed E-state index contributed by atoms with van der Waals surface area (Å²) in [7, 11) is 0. The minimum absolute atomic E-state index is 0.0238. The Bertz CT molecular complexity index is 1090. The molecule has 0 bridgehead atoms. The van der Waals surface area contributed by atoms with Gasteiger partial charge in [-0.15, -0.1) is 0 Å². The van der Waals surface area contributed by atoms with Crippen molar-refractivity contribution in [1.82, 2.24) is 4.57 Å². The van der Waals surface area contributed by atoms with Crippen molar-refractivity contribution in [2.24, 2.45) is 0 Å². The first-order valence-electron chi connectivity index (χ1n) is 8.85. The van der Waals surface area contributed by atoms with Crippen LogP contribution in [0.5, 0.6) is 5.75 Å². The fourth-order valence-electron chi connectivity index (χ4n) is 2.94. The summed E-state index contributed by atoms with van der Waals surface area (Å²) in [6, 6.07) is 17.0. The Labute approximate surface area is 167 Å². The van der Waals surface area contributed by atoms with Gasteiger partial charge in [0, 0.05) is 11.4 Å². The molecule has 0 radical (unpaired) electrons. The molecular weight excluding hydrogens is 370 g/mol. The van der Waals surface area contributed by atoms with E-state index >= 15 is 0 Å². The number of phenols is 1. The minimum Gasteiger partial charge on any atom is -0.508 e. The number of ether oxygens (including phenoxy) is 1. The van der Waals surface area contributed by atoms with Crippen molar-refractivity contribution in [3.05, 3.63) is 77.0 Å². The SMILES string of the molecule is Cc1c(C#N)c(NC(=O)COC(=O)c2ccc(O)cc2)n(-c2ccccc2)c1C. The number of nitrogens with one attached hydrogen (secondary N) is 1. The Morgan fingerprint density at radius 2 is 1.76 bits per heavy atom. The number of hydrogen-bond acceptors (Lipinski definition) is 5. The number of nitriles is 1. The molecule has 0 saturated carbocycles. The highest BCUT2D eigenvalue weighted by molar-refractivity contribution is 5.96. The van der Waals surface area contributed by atoms with E-state index in [2.05, 4.69) is 11.4 Å². The van der Waals surface area contributed by atoms with Crippen LogP contribution in [0.15, 0.2) is 54.6 Å². The molecule has 0 aliphatic rings. The molecule has 1 heterocycles. The summed E-state index contributed by atoms with van der Waals surface area (Å²) < 4.78 is 6.82. The first-order valence-corrected chi connectivity index (χ1v) is 8.85. The van der Waals surface area contributed by atoms with Crippen LogP contribution < -0.4 is 5.32 Å². The molecule has 0 unspecified atom stereocenters. The van der Waals surface area contributed by atoms with Crippen molar-refractivity contribution >= 4 is 17.7 Å². The van der Waals surface area contributed by atoms with Gasteiger partial charge in [0.15, 0.2) is 6.61 Å². The van der Waals surface area contributed by atoms with Crippen molar-refractivity contribution in [2.45, 2.75) is 13.8 Å². The average Bonchev–Trinajstić information content (AvgIpc) is 2.96. The standard InChI is InChI=1S/C22H19N3O4/c1-14-15(2)25(17-6-4-3-5-7-17)21(19(14)12-23)24-20(27)13-29-22(28)16-8-10-18(26)11-9-16/h3-11,26H,13H2,1-2H3,(H,24,27). The Hall–Kier alpha value is -4.05. The number of aromatic nitrogens is 1. The zero-order valence-corrected chi connectivity index (χ0v) is 16.0. The number of phenolic OH excluding ortho intramolecular Hbond substituents is 1. The number of esters is 1. The number of aromatic hydroxyl groups is 1. The third-order valence-corrected chi connectivity index (χ3v) is 4.53. The number of nitrogens with zero attached hydrogens (tertiary/aromatic N) is 2. The van der Waals surface area contributed by atoms with Crippen LogP contribution in [0, 0.1) is 25.2 Å². The highest BCUT2D eigenvalue weighted by Crippen LogP contribution is 2.29. The van der Waals surface area contributed by atoms with Gasteiger partial charge in [0.1, 0.15) is 17.6 Å². The number of anilines is 1. The summed E-state index contributed by atoms with van der Waals surface area (Å²) in [5, 5.41) is 21.5. The van der Waals surface area contributed by atoms with Gasteiger partial charge in [-0.3, -0.25) is 9.36 Å². The van der Waals surface area contributed by atoms with Gasteiger partial charge in [0.25, 0.3) is 5.91 Å². The van der Waals surface area contributed by atoms with Gasteiger partial charge >= 0.3 is 5.97 Å². The van der Waals surface area contributed by atoms with Crippen LogP contribution in [0.4, 0.5) is 5.82 Å². The van der Waals surface area contributed by atoms with E-state index < -0.39 is 18.5 Å². The molecular formula is C22H19N3O4. The second-order valence-electron chi connectivity index (χ2n) is 6.39. The lowest BCUT2D eigenvalue weighted by Gasteiger charge is -2.13. The number of amides is 1. The fraction of sp³-hybridized carbons (Fsp3) is 0.136. The summed E-state index contributed by atoms with van der Waals surface area (Å²) in [4.78, 5) is 24.5. The van der Waals surface area contributed by atoms with E-state index in [1.54, 1.807) is 4.57 Å². The van der Waals surface area contributed by atoms with Crippen LogP contribution >= 0.6 is 0 Å². The third kappa shape index (κ3) is 4.12. The molecule has 0 fully saturated rings. The molecule has 1 amide bonds. The van der Waals surface area contributed by atoms with E-state index in [4.69, 9.17) is 4.74 Å². The Morgan fingerprint density at radius 1 is 1.10 bits per heavy atom. The van der Waals surface area contributed by atoms with Crippen LogP contribution in [-0.4, -0.2) is 28.2 Å². The van der Waals surface area contributed by atoms with Crippen LogP contribution in [0.3, 0.4) is 0 Å². The van der Waals surface area contributed by atoms with Gasteiger partial charge in [-0.25, -0.2) is 4.79 Å². The van der Waals surface area contributed by atoms with Crippen molar-refractivity contribution in [2.75, 3.05) is 11.9 Å². The van der Waals surface area contributed by atoms with E-state index in [-0.39, 0.29) is 11.3 Å². The molecule has 146 valence electrons. The molecule has 0 saturated heterocycles. The van der Waals surface area contributed by atoms with Crippen LogP contribution in [0.25, 0.3) is 5.69 Å². The molecule has 29 heavy (non-hydrogen) atoms. The van der Waals surface area contributed by atoms with Crippen LogP contribution in [0.1, 0.15) is 27.2 Å². The molecule has 7 nitrogen and oxygen atoms in total. The predicted octanol–water partition coefficient (Wildman–Crippen LogP) is 3.47. The van der Waals surface area contributed by atoms with Crippen LogP contribution in [-0.2, 0) is 9.53 Å². The maximum Gasteiger partial charge on any atom is 0.338 e. The second-order valence-corrected chi connectivity index (χ2v) is 6.39. The van der Waals surface area contributed by atoms with Crippen molar-refractivity contribution < 1.29 is 19.4 Å². The fourth-order valence-corrected chi connectivity index (χ4v) is 2.94. The number of hydrogen-bond donors (Lipinski definition) is 2. The van der Waals surface area contributed by atoms with Gasteiger partial charge < -0.3 is 15.2 Å². The molecule has 0 atom stereocenters. The normalized spacial score (nSPS) is 10.2. The minimum atomic E-state index is -0.688. The van der Waals surface area contributed by atoms with E-state index in [0.717, 1.165) is 16.9 Å². The first-order chi connectivity index (χ1) is 13.9. The summed E-state index contributed by atoms with van der Waals surface area (Å²) in [5.41, 5.74) is 2.94. The maximum absolute atomic E-state index is 12.4.